The molecule has 0 fully saturated rings. The summed E-state index contributed by atoms with van der Waals surface area (Å²) in [5.41, 5.74) is 0.264. The molecule has 0 spiro atoms. The SMILES string of the molecule is CCC(CC(=O)O)c1cc(O)ccc1F. The molecule has 1 atom stereocenters. The Kier molecular flexibility index (Phi) is 3.66. The number of aliphatic carboxylic acids is 1. The third kappa shape index (κ3) is 2.94. The van der Waals surface area contributed by atoms with Gasteiger partial charge in [0, 0.05) is 0 Å². The zero-order valence-corrected chi connectivity index (χ0v) is 8.40. The van der Waals surface area contributed by atoms with Gasteiger partial charge in [0.05, 0.1) is 6.42 Å². The van der Waals surface area contributed by atoms with Crippen molar-refractivity contribution in [2.75, 3.05) is 0 Å². The fourth-order valence-electron chi connectivity index (χ4n) is 1.53. The number of benzene rings is 1. The summed E-state index contributed by atoms with van der Waals surface area (Å²) in [6.45, 7) is 1.79. The van der Waals surface area contributed by atoms with Crippen molar-refractivity contribution in [2.24, 2.45) is 0 Å². The van der Waals surface area contributed by atoms with E-state index in [2.05, 4.69) is 0 Å². The van der Waals surface area contributed by atoms with Crippen molar-refractivity contribution in [2.45, 2.75) is 25.7 Å². The lowest BCUT2D eigenvalue weighted by molar-refractivity contribution is -0.137. The predicted molar refractivity (Wildman–Crippen MR) is 53.3 cm³/mol. The van der Waals surface area contributed by atoms with Crippen LogP contribution >= 0.6 is 0 Å². The molecule has 1 unspecified atom stereocenters. The number of phenolic OH excluding ortho intramolecular Hbond substituents is 1. The van der Waals surface area contributed by atoms with E-state index in [9.17, 15) is 14.3 Å². The van der Waals surface area contributed by atoms with Gasteiger partial charge < -0.3 is 10.2 Å². The molecule has 0 aliphatic heterocycles. The van der Waals surface area contributed by atoms with Crippen LogP contribution in [0.3, 0.4) is 0 Å². The first-order valence-corrected chi connectivity index (χ1v) is 4.74. The first-order valence-electron chi connectivity index (χ1n) is 4.74. The lowest BCUT2D eigenvalue weighted by atomic mass is 9.92. The average Bonchev–Trinajstić information content (AvgIpc) is 2.18. The molecule has 0 saturated heterocycles. The van der Waals surface area contributed by atoms with Gasteiger partial charge in [-0.25, -0.2) is 4.39 Å². The van der Waals surface area contributed by atoms with Crippen LogP contribution in [0, 0.1) is 5.82 Å². The molecule has 15 heavy (non-hydrogen) atoms. The summed E-state index contributed by atoms with van der Waals surface area (Å²) in [6, 6.07) is 3.67. The zero-order valence-electron chi connectivity index (χ0n) is 8.40. The summed E-state index contributed by atoms with van der Waals surface area (Å²) in [5.74, 6) is -1.88. The van der Waals surface area contributed by atoms with E-state index in [4.69, 9.17) is 5.11 Å². The maximum atomic E-state index is 13.4. The van der Waals surface area contributed by atoms with Crippen molar-refractivity contribution < 1.29 is 19.4 Å². The first kappa shape index (κ1) is 11.5. The summed E-state index contributed by atoms with van der Waals surface area (Å²) >= 11 is 0. The van der Waals surface area contributed by atoms with E-state index >= 15 is 0 Å². The third-order valence-corrected chi connectivity index (χ3v) is 2.33. The molecule has 0 amide bonds. The van der Waals surface area contributed by atoms with Crippen LogP contribution < -0.4 is 0 Å². The third-order valence-electron chi connectivity index (χ3n) is 2.33. The second-order valence-corrected chi connectivity index (χ2v) is 3.41. The number of halogens is 1. The van der Waals surface area contributed by atoms with Crippen LogP contribution in [0.15, 0.2) is 18.2 Å². The minimum Gasteiger partial charge on any atom is -0.508 e. The molecule has 0 aromatic heterocycles. The second kappa shape index (κ2) is 4.77. The van der Waals surface area contributed by atoms with Gasteiger partial charge in [-0.2, -0.15) is 0 Å². The van der Waals surface area contributed by atoms with E-state index in [1.54, 1.807) is 6.92 Å². The highest BCUT2D eigenvalue weighted by Gasteiger charge is 2.17. The summed E-state index contributed by atoms with van der Waals surface area (Å²) in [6.07, 6.45) is 0.392. The molecule has 0 heterocycles. The Hall–Kier alpha value is -1.58. The van der Waals surface area contributed by atoms with Gasteiger partial charge in [0.2, 0.25) is 0 Å². The average molecular weight is 212 g/mol. The van der Waals surface area contributed by atoms with E-state index in [-0.39, 0.29) is 17.7 Å². The summed E-state index contributed by atoms with van der Waals surface area (Å²) in [7, 11) is 0. The van der Waals surface area contributed by atoms with E-state index in [0.717, 1.165) is 6.07 Å². The minimum atomic E-state index is -0.968. The van der Waals surface area contributed by atoms with Crippen LogP contribution in [-0.2, 0) is 4.79 Å². The van der Waals surface area contributed by atoms with E-state index in [1.165, 1.54) is 12.1 Å². The fraction of sp³-hybridized carbons (Fsp3) is 0.364. The van der Waals surface area contributed by atoms with Crippen molar-refractivity contribution in [3.05, 3.63) is 29.6 Å². The van der Waals surface area contributed by atoms with Crippen molar-refractivity contribution in [3.63, 3.8) is 0 Å². The summed E-state index contributed by atoms with van der Waals surface area (Å²) < 4.78 is 13.4. The molecule has 4 heteroatoms. The smallest absolute Gasteiger partial charge is 0.303 e. The summed E-state index contributed by atoms with van der Waals surface area (Å²) in [4.78, 5) is 10.6. The van der Waals surface area contributed by atoms with Gasteiger partial charge in [0.15, 0.2) is 0 Å². The van der Waals surface area contributed by atoms with Crippen LogP contribution in [-0.4, -0.2) is 16.2 Å². The molecule has 2 N–H and O–H groups in total. The van der Waals surface area contributed by atoms with Gasteiger partial charge in [-0.1, -0.05) is 6.92 Å². The normalized spacial score (nSPS) is 12.4. The lowest BCUT2D eigenvalue weighted by Crippen LogP contribution is -2.07. The Labute approximate surface area is 87.2 Å². The maximum Gasteiger partial charge on any atom is 0.303 e. The van der Waals surface area contributed by atoms with Crippen molar-refractivity contribution in [3.8, 4) is 5.75 Å². The quantitative estimate of drug-likeness (QED) is 0.806. The van der Waals surface area contributed by atoms with Gasteiger partial charge in [-0.05, 0) is 36.1 Å². The van der Waals surface area contributed by atoms with Gasteiger partial charge in [0.1, 0.15) is 11.6 Å². The standard InChI is InChI=1S/C11H13FO3/c1-2-7(5-11(14)15)9-6-8(13)3-4-10(9)12/h3-4,6-7,13H,2,5H2,1H3,(H,14,15). The number of rotatable bonds is 4. The Bertz CT molecular complexity index is 363. The molecule has 0 saturated carbocycles. The monoisotopic (exact) mass is 212 g/mol. The molecular formula is C11H13FO3. The second-order valence-electron chi connectivity index (χ2n) is 3.41. The highest BCUT2D eigenvalue weighted by atomic mass is 19.1. The van der Waals surface area contributed by atoms with Crippen molar-refractivity contribution in [1.29, 1.82) is 0 Å². The molecule has 0 aliphatic rings. The zero-order chi connectivity index (χ0) is 11.4. The molecule has 0 bridgehead atoms. The fourth-order valence-corrected chi connectivity index (χ4v) is 1.53. The van der Waals surface area contributed by atoms with Crippen molar-refractivity contribution >= 4 is 5.97 Å². The number of carbonyl (C=O) groups is 1. The van der Waals surface area contributed by atoms with Crippen LogP contribution in [0.2, 0.25) is 0 Å². The molecule has 3 nitrogen and oxygen atoms in total. The number of aromatic hydroxyl groups is 1. The molecule has 1 aromatic carbocycles. The van der Waals surface area contributed by atoms with Gasteiger partial charge in [0.25, 0.3) is 0 Å². The van der Waals surface area contributed by atoms with Gasteiger partial charge in [-0.15, -0.1) is 0 Å². The number of phenols is 1. The highest BCUT2D eigenvalue weighted by Crippen LogP contribution is 2.28. The Morgan fingerprint density at radius 1 is 1.53 bits per heavy atom. The molecule has 0 radical (unpaired) electrons. The summed E-state index contributed by atoms with van der Waals surface area (Å²) in [5, 5.41) is 17.9. The number of hydrogen-bond donors (Lipinski definition) is 2. The van der Waals surface area contributed by atoms with E-state index in [0.29, 0.717) is 6.42 Å². The van der Waals surface area contributed by atoms with Crippen LogP contribution in [0.4, 0.5) is 4.39 Å². The minimum absolute atomic E-state index is 0.0461. The maximum absolute atomic E-state index is 13.4. The molecule has 82 valence electrons. The van der Waals surface area contributed by atoms with Crippen LogP contribution in [0.1, 0.15) is 31.2 Å². The molecule has 1 aromatic rings. The van der Waals surface area contributed by atoms with E-state index in [1.807, 2.05) is 0 Å². The number of carboxylic acids is 1. The molecule has 0 aliphatic carbocycles. The van der Waals surface area contributed by atoms with Crippen molar-refractivity contribution in [1.82, 2.24) is 0 Å². The highest BCUT2D eigenvalue weighted by molar-refractivity contribution is 5.68. The van der Waals surface area contributed by atoms with E-state index < -0.39 is 17.7 Å². The van der Waals surface area contributed by atoms with Gasteiger partial charge >= 0.3 is 5.97 Å². The van der Waals surface area contributed by atoms with Crippen LogP contribution in [0.5, 0.6) is 5.75 Å². The molecule has 1 rings (SSSR count). The number of hydrogen-bond acceptors (Lipinski definition) is 2. The first-order chi connectivity index (χ1) is 7.04. The Balaban J connectivity index is 3.00. The number of carboxylic acid groups (broad SMARTS) is 1. The van der Waals surface area contributed by atoms with Gasteiger partial charge in [-0.3, -0.25) is 4.79 Å². The van der Waals surface area contributed by atoms with Crippen LogP contribution in [0.25, 0.3) is 0 Å². The lowest BCUT2D eigenvalue weighted by Gasteiger charge is -2.13. The largest absolute Gasteiger partial charge is 0.508 e. The molecular weight excluding hydrogens is 199 g/mol. The topological polar surface area (TPSA) is 57.5 Å². The Morgan fingerprint density at radius 3 is 2.73 bits per heavy atom. The predicted octanol–water partition coefficient (Wildman–Crippen LogP) is 2.50. The Morgan fingerprint density at radius 2 is 2.20 bits per heavy atom.